The van der Waals surface area contributed by atoms with Crippen molar-refractivity contribution in [2.75, 3.05) is 11.4 Å². The minimum atomic E-state index is -2.86. The maximum Gasteiger partial charge on any atom is 0.387 e. The lowest BCUT2D eigenvalue weighted by atomic mass is 10.3. The number of benzene rings is 1. The Morgan fingerprint density at radius 2 is 2.24 bits per heavy atom. The van der Waals surface area contributed by atoms with E-state index in [0.29, 0.717) is 18.7 Å². The molecule has 1 heterocycles. The number of hydrogen-bond donors (Lipinski definition) is 0. The van der Waals surface area contributed by atoms with Crippen LogP contribution in [-0.2, 0) is 4.79 Å². The molecule has 0 saturated carbocycles. The summed E-state index contributed by atoms with van der Waals surface area (Å²) in [7, 11) is 0. The number of alkyl halides is 3. The lowest BCUT2D eigenvalue weighted by Gasteiger charge is -2.16. The fraction of sp³-hybridized carbons (Fsp3) is 0.364. The van der Waals surface area contributed by atoms with Crippen molar-refractivity contribution in [3.63, 3.8) is 0 Å². The maximum absolute atomic E-state index is 12.1. The van der Waals surface area contributed by atoms with E-state index in [9.17, 15) is 13.6 Å². The molecule has 1 aliphatic heterocycles. The first-order valence-corrected chi connectivity index (χ1v) is 5.97. The van der Waals surface area contributed by atoms with Crippen molar-refractivity contribution >= 4 is 27.5 Å². The summed E-state index contributed by atoms with van der Waals surface area (Å²) in [5, 5.41) is 0. The van der Waals surface area contributed by atoms with Gasteiger partial charge in [0.1, 0.15) is 5.75 Å². The average molecular weight is 306 g/mol. The molecule has 0 N–H and O–H groups in total. The van der Waals surface area contributed by atoms with Gasteiger partial charge in [-0.3, -0.25) is 4.79 Å². The molecule has 0 radical (unpaired) electrons. The van der Waals surface area contributed by atoms with Crippen LogP contribution in [0.5, 0.6) is 5.75 Å². The minimum Gasteiger partial charge on any atom is -0.435 e. The SMILES string of the molecule is O=C1CC(Br)CN1c1cccc(OC(F)F)c1. The number of rotatable bonds is 3. The monoisotopic (exact) mass is 305 g/mol. The number of anilines is 1. The molecule has 1 aliphatic rings. The molecule has 3 nitrogen and oxygen atoms in total. The van der Waals surface area contributed by atoms with Gasteiger partial charge in [-0.2, -0.15) is 8.78 Å². The largest absolute Gasteiger partial charge is 0.435 e. The first-order valence-electron chi connectivity index (χ1n) is 5.05. The Morgan fingerprint density at radius 3 is 2.82 bits per heavy atom. The van der Waals surface area contributed by atoms with Crippen LogP contribution in [0.25, 0.3) is 0 Å². The highest BCUT2D eigenvalue weighted by molar-refractivity contribution is 9.09. The molecule has 92 valence electrons. The molecule has 0 aromatic heterocycles. The summed E-state index contributed by atoms with van der Waals surface area (Å²) in [6.45, 7) is -2.32. The van der Waals surface area contributed by atoms with Crippen molar-refractivity contribution in [1.29, 1.82) is 0 Å². The van der Waals surface area contributed by atoms with E-state index in [1.165, 1.54) is 12.1 Å². The molecular formula is C11H10BrF2NO2. The van der Waals surface area contributed by atoms with Gasteiger partial charge < -0.3 is 9.64 Å². The van der Waals surface area contributed by atoms with E-state index in [1.54, 1.807) is 17.0 Å². The summed E-state index contributed by atoms with van der Waals surface area (Å²) in [5.74, 6) is 0.0318. The van der Waals surface area contributed by atoms with Gasteiger partial charge in [-0.15, -0.1) is 0 Å². The van der Waals surface area contributed by atoms with Gasteiger partial charge in [-0.1, -0.05) is 22.0 Å². The van der Waals surface area contributed by atoms with Crippen molar-refractivity contribution in [3.05, 3.63) is 24.3 Å². The van der Waals surface area contributed by atoms with Crippen LogP contribution in [0.2, 0.25) is 0 Å². The second-order valence-electron chi connectivity index (χ2n) is 3.68. The smallest absolute Gasteiger partial charge is 0.387 e. The van der Waals surface area contributed by atoms with Gasteiger partial charge >= 0.3 is 6.61 Å². The van der Waals surface area contributed by atoms with Crippen LogP contribution in [0.3, 0.4) is 0 Å². The minimum absolute atomic E-state index is 0.0268. The summed E-state index contributed by atoms with van der Waals surface area (Å²) < 4.78 is 28.4. The number of amides is 1. The van der Waals surface area contributed by atoms with Gasteiger partial charge in [0.25, 0.3) is 0 Å². The zero-order chi connectivity index (χ0) is 12.4. The van der Waals surface area contributed by atoms with Gasteiger partial charge in [0.15, 0.2) is 0 Å². The van der Waals surface area contributed by atoms with Crippen LogP contribution in [0.1, 0.15) is 6.42 Å². The Hall–Kier alpha value is -1.17. The van der Waals surface area contributed by atoms with E-state index in [4.69, 9.17) is 0 Å². The molecule has 0 aliphatic carbocycles. The van der Waals surface area contributed by atoms with Crippen LogP contribution < -0.4 is 9.64 Å². The van der Waals surface area contributed by atoms with Crippen LogP contribution in [0, 0.1) is 0 Å². The number of carbonyl (C=O) groups excluding carboxylic acids is 1. The molecule has 1 aromatic rings. The number of hydrogen-bond acceptors (Lipinski definition) is 2. The topological polar surface area (TPSA) is 29.5 Å². The summed E-state index contributed by atoms with van der Waals surface area (Å²) >= 11 is 3.36. The molecule has 1 fully saturated rings. The fourth-order valence-electron chi connectivity index (χ4n) is 1.74. The third kappa shape index (κ3) is 2.94. The Labute approximate surface area is 105 Å². The number of halogens is 3. The van der Waals surface area contributed by atoms with Gasteiger partial charge in [0, 0.05) is 29.5 Å². The van der Waals surface area contributed by atoms with E-state index in [2.05, 4.69) is 20.7 Å². The zero-order valence-electron chi connectivity index (χ0n) is 8.78. The molecular weight excluding hydrogens is 296 g/mol. The summed E-state index contributed by atoms with van der Waals surface area (Å²) in [6.07, 6.45) is 0.417. The highest BCUT2D eigenvalue weighted by Crippen LogP contribution is 2.28. The second kappa shape index (κ2) is 5.00. The first-order chi connectivity index (χ1) is 8.06. The van der Waals surface area contributed by atoms with Crippen LogP contribution in [-0.4, -0.2) is 23.9 Å². The molecule has 1 saturated heterocycles. The predicted molar refractivity (Wildman–Crippen MR) is 62.8 cm³/mol. The average Bonchev–Trinajstić information content (AvgIpc) is 2.57. The third-order valence-corrected chi connectivity index (χ3v) is 3.05. The Bertz CT molecular complexity index is 428. The van der Waals surface area contributed by atoms with E-state index in [0.717, 1.165) is 0 Å². The normalized spacial score (nSPS) is 20.1. The van der Waals surface area contributed by atoms with Crippen molar-refractivity contribution in [2.45, 2.75) is 17.9 Å². The predicted octanol–water partition coefficient (Wildman–Crippen LogP) is 2.79. The molecule has 1 aromatic carbocycles. The zero-order valence-corrected chi connectivity index (χ0v) is 10.4. The maximum atomic E-state index is 12.1. The number of carbonyl (C=O) groups is 1. The molecule has 17 heavy (non-hydrogen) atoms. The lowest BCUT2D eigenvalue weighted by molar-refractivity contribution is -0.117. The Morgan fingerprint density at radius 1 is 1.47 bits per heavy atom. The molecule has 0 spiro atoms. The summed E-state index contributed by atoms with van der Waals surface area (Å²) in [5.41, 5.74) is 0.579. The lowest BCUT2D eigenvalue weighted by Crippen LogP contribution is -2.24. The first kappa shape index (κ1) is 12.3. The van der Waals surface area contributed by atoms with E-state index < -0.39 is 6.61 Å². The fourth-order valence-corrected chi connectivity index (χ4v) is 2.31. The van der Waals surface area contributed by atoms with E-state index in [-0.39, 0.29) is 16.5 Å². The quantitative estimate of drug-likeness (QED) is 0.804. The van der Waals surface area contributed by atoms with Crippen molar-refractivity contribution in [3.8, 4) is 5.75 Å². The van der Waals surface area contributed by atoms with Gasteiger partial charge in [-0.25, -0.2) is 0 Å². The van der Waals surface area contributed by atoms with Gasteiger partial charge in [0.05, 0.1) is 0 Å². The summed E-state index contributed by atoms with van der Waals surface area (Å²) in [4.78, 5) is 13.3. The highest BCUT2D eigenvalue weighted by Gasteiger charge is 2.28. The Balaban J connectivity index is 2.18. The molecule has 6 heteroatoms. The second-order valence-corrected chi connectivity index (χ2v) is 4.98. The van der Waals surface area contributed by atoms with E-state index in [1.807, 2.05) is 0 Å². The molecule has 1 unspecified atom stereocenters. The van der Waals surface area contributed by atoms with Crippen molar-refractivity contribution < 1.29 is 18.3 Å². The molecule has 0 bridgehead atoms. The van der Waals surface area contributed by atoms with Crippen LogP contribution >= 0.6 is 15.9 Å². The van der Waals surface area contributed by atoms with Gasteiger partial charge in [0.2, 0.25) is 5.91 Å². The highest BCUT2D eigenvalue weighted by atomic mass is 79.9. The van der Waals surface area contributed by atoms with Gasteiger partial charge in [-0.05, 0) is 12.1 Å². The number of ether oxygens (including phenoxy) is 1. The molecule has 1 atom stereocenters. The standard InChI is InChI=1S/C11H10BrF2NO2/c12-7-4-10(16)15(6-7)8-2-1-3-9(5-8)17-11(13)14/h1-3,5,7,11H,4,6H2. The molecule has 1 amide bonds. The van der Waals surface area contributed by atoms with Crippen molar-refractivity contribution in [2.24, 2.45) is 0 Å². The molecule has 2 rings (SSSR count). The number of nitrogens with zero attached hydrogens (tertiary/aromatic N) is 1. The van der Waals surface area contributed by atoms with E-state index >= 15 is 0 Å². The Kier molecular flexibility index (Phi) is 3.61. The van der Waals surface area contributed by atoms with Crippen LogP contribution in [0.4, 0.5) is 14.5 Å². The van der Waals surface area contributed by atoms with Crippen molar-refractivity contribution in [1.82, 2.24) is 0 Å². The third-order valence-electron chi connectivity index (χ3n) is 2.43. The van der Waals surface area contributed by atoms with Crippen LogP contribution in [0.15, 0.2) is 24.3 Å². The summed E-state index contributed by atoms with van der Waals surface area (Å²) in [6, 6.07) is 6.15.